The molecule has 0 radical (unpaired) electrons. The molecule has 1 atom stereocenters. The van der Waals surface area contributed by atoms with Crippen LogP contribution in [0.5, 0.6) is 0 Å². The summed E-state index contributed by atoms with van der Waals surface area (Å²) >= 11 is 0. The molecule has 1 aromatic heterocycles. The van der Waals surface area contributed by atoms with Crippen molar-refractivity contribution in [2.24, 2.45) is 0 Å². The van der Waals surface area contributed by atoms with Crippen LogP contribution in [-0.2, 0) is 0 Å². The van der Waals surface area contributed by atoms with E-state index in [2.05, 4.69) is 31.6 Å². The molecule has 2 aliphatic rings. The SMILES string of the molecule is O=C(NC1CCN(c2cnccn2)CC1)c1ccccc1[C@H]1CCNC1. The summed E-state index contributed by atoms with van der Waals surface area (Å²) in [5.74, 6) is 1.41. The standard InChI is InChI=1S/C20H25N5O/c26-20(18-4-2-1-3-17(18)15-5-8-21-13-15)24-16-6-11-25(12-7-16)19-14-22-9-10-23-19/h1-4,9-10,14-16,21H,5-8,11-13H2,(H,24,26)/t15-/m0/s1. The lowest BCUT2D eigenvalue weighted by Crippen LogP contribution is -2.45. The highest BCUT2D eigenvalue weighted by Crippen LogP contribution is 2.26. The number of nitrogens with zero attached hydrogens (tertiary/aromatic N) is 3. The molecule has 2 aromatic rings. The first-order valence-corrected chi connectivity index (χ1v) is 9.43. The number of carbonyl (C=O) groups excluding carboxylic acids is 1. The van der Waals surface area contributed by atoms with Gasteiger partial charge in [-0.2, -0.15) is 0 Å². The maximum absolute atomic E-state index is 12.9. The van der Waals surface area contributed by atoms with Gasteiger partial charge in [0, 0.05) is 43.6 Å². The molecule has 0 saturated carbocycles. The molecule has 0 unspecified atom stereocenters. The topological polar surface area (TPSA) is 70.2 Å². The third-order valence-electron chi connectivity index (χ3n) is 5.41. The van der Waals surface area contributed by atoms with Gasteiger partial charge in [-0.3, -0.25) is 9.78 Å². The molecule has 2 aliphatic heterocycles. The number of aromatic nitrogens is 2. The molecular weight excluding hydrogens is 326 g/mol. The van der Waals surface area contributed by atoms with Crippen LogP contribution in [0.2, 0.25) is 0 Å². The van der Waals surface area contributed by atoms with Crippen molar-refractivity contribution in [3.05, 3.63) is 54.0 Å². The largest absolute Gasteiger partial charge is 0.355 e. The zero-order valence-electron chi connectivity index (χ0n) is 14.9. The summed E-state index contributed by atoms with van der Waals surface area (Å²) in [6, 6.07) is 8.26. The number of piperidine rings is 1. The molecule has 26 heavy (non-hydrogen) atoms. The average molecular weight is 351 g/mol. The van der Waals surface area contributed by atoms with Crippen molar-refractivity contribution in [2.75, 3.05) is 31.1 Å². The fraction of sp³-hybridized carbons (Fsp3) is 0.450. The van der Waals surface area contributed by atoms with E-state index in [-0.39, 0.29) is 11.9 Å². The van der Waals surface area contributed by atoms with Gasteiger partial charge in [0.15, 0.2) is 0 Å². The van der Waals surface area contributed by atoms with Crippen molar-refractivity contribution in [3.8, 4) is 0 Å². The summed E-state index contributed by atoms with van der Waals surface area (Å²) in [7, 11) is 0. The molecule has 2 fully saturated rings. The van der Waals surface area contributed by atoms with E-state index >= 15 is 0 Å². The molecule has 0 bridgehead atoms. The summed E-state index contributed by atoms with van der Waals surface area (Å²) in [5.41, 5.74) is 2.00. The van der Waals surface area contributed by atoms with Gasteiger partial charge in [0.2, 0.25) is 0 Å². The van der Waals surface area contributed by atoms with E-state index in [0.717, 1.165) is 56.8 Å². The molecule has 6 heteroatoms. The lowest BCUT2D eigenvalue weighted by Gasteiger charge is -2.33. The molecule has 136 valence electrons. The molecule has 1 aromatic carbocycles. The highest BCUT2D eigenvalue weighted by molar-refractivity contribution is 5.96. The number of rotatable bonds is 4. The number of nitrogens with one attached hydrogen (secondary N) is 2. The summed E-state index contributed by atoms with van der Waals surface area (Å²) < 4.78 is 0. The quantitative estimate of drug-likeness (QED) is 0.881. The molecule has 0 spiro atoms. The Morgan fingerprint density at radius 2 is 2.00 bits per heavy atom. The number of hydrogen-bond acceptors (Lipinski definition) is 5. The van der Waals surface area contributed by atoms with E-state index in [0.29, 0.717) is 5.92 Å². The normalized spacial score (nSPS) is 20.9. The molecule has 1 amide bonds. The van der Waals surface area contributed by atoms with Gasteiger partial charge in [0.25, 0.3) is 5.91 Å². The Hall–Kier alpha value is -2.47. The second-order valence-corrected chi connectivity index (χ2v) is 7.08. The van der Waals surface area contributed by atoms with Gasteiger partial charge in [-0.1, -0.05) is 18.2 Å². The second kappa shape index (κ2) is 7.83. The van der Waals surface area contributed by atoms with Crippen LogP contribution in [0.4, 0.5) is 5.82 Å². The Morgan fingerprint density at radius 1 is 1.15 bits per heavy atom. The minimum absolute atomic E-state index is 0.0606. The minimum Gasteiger partial charge on any atom is -0.355 e. The van der Waals surface area contributed by atoms with Gasteiger partial charge in [0.1, 0.15) is 5.82 Å². The number of carbonyl (C=O) groups is 1. The summed E-state index contributed by atoms with van der Waals surface area (Å²) in [5, 5.41) is 6.64. The van der Waals surface area contributed by atoms with Crippen LogP contribution in [0.15, 0.2) is 42.9 Å². The van der Waals surface area contributed by atoms with Crippen LogP contribution in [0.1, 0.15) is 41.1 Å². The predicted molar refractivity (Wildman–Crippen MR) is 101 cm³/mol. The van der Waals surface area contributed by atoms with Crippen molar-refractivity contribution >= 4 is 11.7 Å². The molecule has 3 heterocycles. The Kier molecular flexibility index (Phi) is 5.11. The van der Waals surface area contributed by atoms with Gasteiger partial charge in [-0.05, 0) is 43.4 Å². The van der Waals surface area contributed by atoms with Crippen molar-refractivity contribution in [3.63, 3.8) is 0 Å². The van der Waals surface area contributed by atoms with Gasteiger partial charge < -0.3 is 15.5 Å². The van der Waals surface area contributed by atoms with E-state index < -0.39 is 0 Å². The lowest BCUT2D eigenvalue weighted by molar-refractivity contribution is 0.0929. The Morgan fingerprint density at radius 3 is 2.73 bits per heavy atom. The molecular formula is C20H25N5O. The maximum Gasteiger partial charge on any atom is 0.251 e. The van der Waals surface area contributed by atoms with E-state index in [9.17, 15) is 4.79 Å². The zero-order chi connectivity index (χ0) is 17.8. The zero-order valence-corrected chi connectivity index (χ0v) is 14.9. The summed E-state index contributed by atoms with van der Waals surface area (Å²) in [4.78, 5) is 23.6. The van der Waals surface area contributed by atoms with E-state index in [1.165, 1.54) is 5.56 Å². The Balaban J connectivity index is 1.37. The highest BCUT2D eigenvalue weighted by Gasteiger charge is 2.25. The van der Waals surface area contributed by atoms with Crippen molar-refractivity contribution in [1.29, 1.82) is 0 Å². The molecule has 0 aliphatic carbocycles. The van der Waals surface area contributed by atoms with E-state index in [1.807, 2.05) is 18.2 Å². The molecule has 2 N–H and O–H groups in total. The van der Waals surface area contributed by atoms with Gasteiger partial charge >= 0.3 is 0 Å². The third kappa shape index (κ3) is 3.70. The minimum atomic E-state index is 0.0606. The van der Waals surface area contributed by atoms with E-state index in [4.69, 9.17) is 0 Å². The predicted octanol–water partition coefficient (Wildman–Crippen LogP) is 1.95. The highest BCUT2D eigenvalue weighted by atomic mass is 16.1. The van der Waals surface area contributed by atoms with Crippen molar-refractivity contribution < 1.29 is 4.79 Å². The molecule has 4 rings (SSSR count). The summed E-state index contributed by atoms with van der Waals surface area (Å²) in [6.45, 7) is 3.76. The Labute approximate surface area is 154 Å². The van der Waals surface area contributed by atoms with Crippen LogP contribution in [-0.4, -0.2) is 48.1 Å². The van der Waals surface area contributed by atoms with Crippen LogP contribution in [0.25, 0.3) is 0 Å². The average Bonchev–Trinajstić information content (AvgIpc) is 3.24. The number of amides is 1. The van der Waals surface area contributed by atoms with Crippen molar-refractivity contribution in [1.82, 2.24) is 20.6 Å². The van der Waals surface area contributed by atoms with Crippen LogP contribution >= 0.6 is 0 Å². The smallest absolute Gasteiger partial charge is 0.251 e. The number of hydrogen-bond donors (Lipinski definition) is 2. The molecule has 6 nitrogen and oxygen atoms in total. The van der Waals surface area contributed by atoms with Crippen LogP contribution in [0, 0.1) is 0 Å². The number of benzene rings is 1. The van der Waals surface area contributed by atoms with Crippen molar-refractivity contribution in [2.45, 2.75) is 31.2 Å². The first kappa shape index (κ1) is 17.0. The van der Waals surface area contributed by atoms with Crippen LogP contribution < -0.4 is 15.5 Å². The van der Waals surface area contributed by atoms with Gasteiger partial charge in [-0.15, -0.1) is 0 Å². The fourth-order valence-corrected chi connectivity index (χ4v) is 3.95. The monoisotopic (exact) mass is 351 g/mol. The molecule has 2 saturated heterocycles. The number of anilines is 1. The summed E-state index contributed by atoms with van der Waals surface area (Å²) in [6.07, 6.45) is 8.16. The van der Waals surface area contributed by atoms with Gasteiger partial charge in [0.05, 0.1) is 6.20 Å². The first-order chi connectivity index (χ1) is 12.8. The van der Waals surface area contributed by atoms with E-state index in [1.54, 1.807) is 18.6 Å². The van der Waals surface area contributed by atoms with Crippen LogP contribution in [0.3, 0.4) is 0 Å². The second-order valence-electron chi connectivity index (χ2n) is 7.08. The first-order valence-electron chi connectivity index (χ1n) is 9.43. The maximum atomic E-state index is 12.9. The lowest BCUT2D eigenvalue weighted by atomic mass is 9.92. The third-order valence-corrected chi connectivity index (χ3v) is 5.41. The Bertz CT molecular complexity index is 737. The van der Waals surface area contributed by atoms with Gasteiger partial charge in [-0.25, -0.2) is 4.98 Å². The fourth-order valence-electron chi connectivity index (χ4n) is 3.95.